The van der Waals surface area contributed by atoms with Crippen LogP contribution in [0.15, 0.2) is 12.3 Å². The molecule has 0 atom stereocenters. The zero-order chi connectivity index (χ0) is 17.5. The van der Waals surface area contributed by atoms with Gasteiger partial charge in [0.05, 0.1) is 0 Å². The first kappa shape index (κ1) is 18.0. The molecule has 0 bridgehead atoms. The highest BCUT2D eigenvalue weighted by atomic mass is 16.1. The fraction of sp³-hybridized carbons (Fsp3) is 0.737. The fourth-order valence-electron chi connectivity index (χ4n) is 4.00. The van der Waals surface area contributed by atoms with Crippen molar-refractivity contribution in [3.8, 4) is 0 Å². The summed E-state index contributed by atoms with van der Waals surface area (Å²) in [6.45, 7) is 2.80. The highest BCUT2D eigenvalue weighted by molar-refractivity contribution is 5.76. The second kappa shape index (κ2) is 9.02. The summed E-state index contributed by atoms with van der Waals surface area (Å²) in [4.78, 5) is 23.2. The van der Waals surface area contributed by atoms with Crippen LogP contribution < -0.4 is 15.5 Å². The van der Waals surface area contributed by atoms with E-state index in [2.05, 4.69) is 25.5 Å². The largest absolute Gasteiger partial charge is 0.357 e. The Kier molecular flexibility index (Phi) is 6.48. The van der Waals surface area contributed by atoms with E-state index in [1.54, 1.807) is 6.20 Å². The summed E-state index contributed by atoms with van der Waals surface area (Å²) in [5.74, 6) is 3.07. The Hall–Kier alpha value is -1.85. The lowest BCUT2D eigenvalue weighted by atomic mass is 9.89. The van der Waals surface area contributed by atoms with E-state index >= 15 is 0 Å². The van der Waals surface area contributed by atoms with Gasteiger partial charge in [0.25, 0.3) is 0 Å². The molecule has 2 aliphatic rings. The molecule has 1 saturated carbocycles. The number of hydrogen-bond acceptors (Lipinski definition) is 5. The summed E-state index contributed by atoms with van der Waals surface area (Å²) in [5.41, 5.74) is 0. The van der Waals surface area contributed by atoms with Crippen molar-refractivity contribution in [3.05, 3.63) is 12.3 Å². The van der Waals surface area contributed by atoms with Crippen LogP contribution in [0.5, 0.6) is 0 Å². The van der Waals surface area contributed by atoms with Gasteiger partial charge in [0.2, 0.25) is 11.9 Å². The Labute approximate surface area is 150 Å². The minimum Gasteiger partial charge on any atom is -0.357 e. The summed E-state index contributed by atoms with van der Waals surface area (Å²) < 4.78 is 0. The Balaban J connectivity index is 1.39. The third-order valence-electron chi connectivity index (χ3n) is 5.59. The molecule has 3 rings (SSSR count). The number of hydrogen-bond donors (Lipinski definition) is 2. The molecule has 6 nitrogen and oxygen atoms in total. The Bertz CT molecular complexity index is 551. The van der Waals surface area contributed by atoms with Gasteiger partial charge in [-0.3, -0.25) is 4.79 Å². The SMILES string of the molecule is CNc1nccc(N2CCC(CC(=O)NCC3CCCCC3)CC2)n1. The fourth-order valence-corrected chi connectivity index (χ4v) is 4.00. The van der Waals surface area contributed by atoms with Gasteiger partial charge in [-0.05, 0) is 43.6 Å². The number of carbonyl (C=O) groups is 1. The maximum absolute atomic E-state index is 12.2. The summed E-state index contributed by atoms with van der Waals surface area (Å²) in [7, 11) is 1.83. The first-order valence-corrected chi connectivity index (χ1v) is 9.77. The summed E-state index contributed by atoms with van der Waals surface area (Å²) in [5, 5.41) is 6.16. The third kappa shape index (κ3) is 5.31. The molecule has 138 valence electrons. The number of amides is 1. The first-order chi connectivity index (χ1) is 12.2. The van der Waals surface area contributed by atoms with Crippen molar-refractivity contribution in [1.82, 2.24) is 15.3 Å². The van der Waals surface area contributed by atoms with Crippen LogP contribution in [0.2, 0.25) is 0 Å². The van der Waals surface area contributed by atoms with Crippen molar-refractivity contribution in [2.24, 2.45) is 11.8 Å². The first-order valence-electron chi connectivity index (χ1n) is 9.77. The van der Waals surface area contributed by atoms with Crippen molar-refractivity contribution in [2.45, 2.75) is 51.4 Å². The zero-order valence-corrected chi connectivity index (χ0v) is 15.3. The van der Waals surface area contributed by atoms with Crippen molar-refractivity contribution in [3.63, 3.8) is 0 Å². The number of aromatic nitrogens is 2. The molecular weight excluding hydrogens is 314 g/mol. The van der Waals surface area contributed by atoms with Crippen molar-refractivity contribution in [1.29, 1.82) is 0 Å². The molecular formula is C19H31N5O. The van der Waals surface area contributed by atoms with E-state index in [9.17, 15) is 4.79 Å². The average Bonchev–Trinajstić information content (AvgIpc) is 2.68. The smallest absolute Gasteiger partial charge is 0.224 e. The van der Waals surface area contributed by atoms with Gasteiger partial charge in [-0.15, -0.1) is 0 Å². The molecule has 6 heteroatoms. The number of piperidine rings is 1. The van der Waals surface area contributed by atoms with E-state index < -0.39 is 0 Å². The van der Waals surface area contributed by atoms with Gasteiger partial charge in [-0.2, -0.15) is 4.98 Å². The Morgan fingerprint density at radius 2 is 1.92 bits per heavy atom. The second-order valence-corrected chi connectivity index (χ2v) is 7.43. The number of anilines is 2. The molecule has 0 spiro atoms. The van der Waals surface area contributed by atoms with Crippen molar-refractivity contribution < 1.29 is 4.79 Å². The highest BCUT2D eigenvalue weighted by Gasteiger charge is 2.23. The molecule has 1 aromatic rings. The molecule has 0 radical (unpaired) electrons. The minimum absolute atomic E-state index is 0.239. The van der Waals surface area contributed by atoms with Gasteiger partial charge < -0.3 is 15.5 Å². The van der Waals surface area contributed by atoms with Crippen molar-refractivity contribution >= 4 is 17.7 Å². The second-order valence-electron chi connectivity index (χ2n) is 7.43. The van der Waals surface area contributed by atoms with E-state index in [-0.39, 0.29) is 5.91 Å². The van der Waals surface area contributed by atoms with E-state index in [0.29, 0.717) is 24.2 Å². The van der Waals surface area contributed by atoms with Gasteiger partial charge in [-0.1, -0.05) is 19.3 Å². The van der Waals surface area contributed by atoms with Crippen LogP contribution in [0.4, 0.5) is 11.8 Å². The van der Waals surface area contributed by atoms with Gasteiger partial charge in [-0.25, -0.2) is 4.98 Å². The molecule has 1 aliphatic heterocycles. The third-order valence-corrected chi connectivity index (χ3v) is 5.59. The molecule has 0 aromatic carbocycles. The quantitative estimate of drug-likeness (QED) is 0.830. The van der Waals surface area contributed by atoms with Gasteiger partial charge in [0.15, 0.2) is 0 Å². The Morgan fingerprint density at radius 1 is 1.16 bits per heavy atom. The van der Waals surface area contributed by atoms with Crippen LogP contribution in [0.25, 0.3) is 0 Å². The van der Waals surface area contributed by atoms with Gasteiger partial charge in [0, 0.05) is 39.3 Å². The molecule has 0 unspecified atom stereocenters. The lowest BCUT2D eigenvalue weighted by Gasteiger charge is -2.32. The van der Waals surface area contributed by atoms with E-state index in [4.69, 9.17) is 0 Å². The molecule has 2 heterocycles. The predicted molar refractivity (Wildman–Crippen MR) is 101 cm³/mol. The minimum atomic E-state index is 0.239. The average molecular weight is 345 g/mol. The van der Waals surface area contributed by atoms with Crippen LogP contribution in [0.3, 0.4) is 0 Å². The lowest BCUT2D eigenvalue weighted by molar-refractivity contribution is -0.122. The summed E-state index contributed by atoms with van der Waals surface area (Å²) >= 11 is 0. The molecule has 1 aliphatic carbocycles. The van der Waals surface area contributed by atoms with Crippen LogP contribution in [-0.2, 0) is 4.79 Å². The summed E-state index contributed by atoms with van der Waals surface area (Å²) in [6, 6.07) is 1.96. The van der Waals surface area contributed by atoms with Crippen LogP contribution in [0.1, 0.15) is 51.4 Å². The van der Waals surface area contributed by atoms with Crippen LogP contribution >= 0.6 is 0 Å². The van der Waals surface area contributed by atoms with Crippen LogP contribution in [-0.4, -0.2) is 42.6 Å². The number of rotatable bonds is 6. The molecule has 1 aromatic heterocycles. The lowest BCUT2D eigenvalue weighted by Crippen LogP contribution is -2.37. The van der Waals surface area contributed by atoms with Crippen molar-refractivity contribution in [2.75, 3.05) is 36.9 Å². The van der Waals surface area contributed by atoms with E-state index in [0.717, 1.165) is 38.3 Å². The standard InChI is InChI=1S/C19H31N5O/c1-20-19-21-10-7-17(23-19)24-11-8-15(9-12-24)13-18(25)22-14-16-5-3-2-4-6-16/h7,10,15-16H,2-6,8-9,11-14H2,1H3,(H,22,25)(H,20,21,23). The number of carbonyl (C=O) groups excluding carboxylic acids is 1. The summed E-state index contributed by atoms with van der Waals surface area (Å²) in [6.07, 6.45) is 11.2. The number of nitrogens with zero attached hydrogens (tertiary/aromatic N) is 3. The molecule has 2 fully saturated rings. The topological polar surface area (TPSA) is 70.2 Å². The highest BCUT2D eigenvalue weighted by Crippen LogP contribution is 2.25. The van der Waals surface area contributed by atoms with Gasteiger partial charge in [0.1, 0.15) is 5.82 Å². The van der Waals surface area contributed by atoms with E-state index in [1.807, 2.05) is 13.1 Å². The van der Waals surface area contributed by atoms with Gasteiger partial charge >= 0.3 is 0 Å². The Morgan fingerprint density at radius 3 is 2.64 bits per heavy atom. The molecule has 25 heavy (non-hydrogen) atoms. The predicted octanol–water partition coefficient (Wildman–Crippen LogP) is 2.82. The maximum atomic E-state index is 12.2. The maximum Gasteiger partial charge on any atom is 0.224 e. The monoisotopic (exact) mass is 345 g/mol. The zero-order valence-electron chi connectivity index (χ0n) is 15.3. The van der Waals surface area contributed by atoms with Crippen LogP contribution in [0, 0.1) is 11.8 Å². The molecule has 1 amide bonds. The molecule has 1 saturated heterocycles. The molecule has 2 N–H and O–H groups in total. The van der Waals surface area contributed by atoms with E-state index in [1.165, 1.54) is 32.1 Å². The number of nitrogens with one attached hydrogen (secondary N) is 2. The normalized spacial score (nSPS) is 19.6.